The Balaban J connectivity index is 1.57. The number of phenols is 1. The van der Waals surface area contributed by atoms with E-state index < -0.39 is 0 Å². The summed E-state index contributed by atoms with van der Waals surface area (Å²) in [4.78, 5) is 15.1. The van der Waals surface area contributed by atoms with Gasteiger partial charge in [0.1, 0.15) is 5.75 Å². The molecule has 1 atom stereocenters. The van der Waals surface area contributed by atoms with Gasteiger partial charge in [0.05, 0.1) is 31.5 Å². The number of carbonyl (C=O) groups is 1. The highest BCUT2D eigenvalue weighted by Crippen LogP contribution is 2.34. The van der Waals surface area contributed by atoms with Crippen LogP contribution in [0.5, 0.6) is 5.75 Å². The normalized spacial score (nSPS) is 21.0. The number of amides is 1. The number of rotatable bonds is 4. The van der Waals surface area contributed by atoms with Crippen LogP contribution in [0.3, 0.4) is 0 Å². The lowest BCUT2D eigenvalue weighted by Gasteiger charge is -2.29. The van der Waals surface area contributed by atoms with E-state index in [-0.39, 0.29) is 17.7 Å². The van der Waals surface area contributed by atoms with E-state index in [1.54, 1.807) is 28.5 Å². The van der Waals surface area contributed by atoms with Crippen LogP contribution in [0.15, 0.2) is 46.2 Å². The molecule has 1 N–H and O–H groups in total. The lowest BCUT2D eigenvalue weighted by Crippen LogP contribution is -2.43. The van der Waals surface area contributed by atoms with Gasteiger partial charge < -0.3 is 9.84 Å². The molecular formula is C19H21N3O3S. The van der Waals surface area contributed by atoms with Gasteiger partial charge in [-0.2, -0.15) is 16.4 Å². The molecule has 0 spiro atoms. The van der Waals surface area contributed by atoms with Crippen molar-refractivity contribution in [3.05, 3.63) is 52.2 Å². The Morgan fingerprint density at radius 3 is 2.69 bits per heavy atom. The van der Waals surface area contributed by atoms with Crippen LogP contribution in [-0.4, -0.2) is 59.5 Å². The molecule has 0 saturated carbocycles. The molecule has 6 nitrogen and oxygen atoms in total. The summed E-state index contributed by atoms with van der Waals surface area (Å²) in [6.07, 6.45) is 0.677. The SMILES string of the molecule is O=C(CN1CCOCC1)N1N=C(c2ccsc2)C[C@H]1c1ccc(O)cc1. The minimum atomic E-state index is -0.140. The van der Waals surface area contributed by atoms with E-state index in [2.05, 4.69) is 15.4 Å². The van der Waals surface area contributed by atoms with E-state index >= 15 is 0 Å². The summed E-state index contributed by atoms with van der Waals surface area (Å²) in [6, 6.07) is 8.93. The number of ether oxygens (including phenoxy) is 1. The largest absolute Gasteiger partial charge is 0.508 e. The zero-order valence-electron chi connectivity index (χ0n) is 14.4. The van der Waals surface area contributed by atoms with Gasteiger partial charge in [-0.1, -0.05) is 12.1 Å². The first-order valence-corrected chi connectivity index (χ1v) is 9.66. The maximum atomic E-state index is 13.0. The summed E-state index contributed by atoms with van der Waals surface area (Å²) in [7, 11) is 0. The third-order valence-corrected chi connectivity index (χ3v) is 5.44. The topological polar surface area (TPSA) is 65.4 Å². The molecule has 4 rings (SSSR count). The Labute approximate surface area is 156 Å². The standard InChI is InChI=1S/C19H21N3O3S/c23-16-3-1-14(2-4-16)18-11-17(15-5-10-26-13-15)20-22(18)19(24)12-21-6-8-25-9-7-21/h1-5,10,13,18,23H,6-9,11-12H2/t18-/m0/s1. The molecule has 3 heterocycles. The second-order valence-corrected chi connectivity index (χ2v) is 7.28. The van der Waals surface area contributed by atoms with E-state index in [1.807, 2.05) is 23.6 Å². The molecule has 0 aliphatic carbocycles. The third-order valence-electron chi connectivity index (χ3n) is 4.76. The number of aromatic hydroxyl groups is 1. The van der Waals surface area contributed by atoms with Gasteiger partial charge in [0, 0.05) is 25.1 Å². The summed E-state index contributed by atoms with van der Waals surface area (Å²) in [6.45, 7) is 3.21. The molecule has 1 aromatic heterocycles. The van der Waals surface area contributed by atoms with Crippen molar-refractivity contribution in [3.63, 3.8) is 0 Å². The Hall–Kier alpha value is -2.22. The zero-order valence-corrected chi connectivity index (χ0v) is 15.2. The Bertz CT molecular complexity index is 783. The first kappa shape index (κ1) is 17.2. The molecule has 0 unspecified atom stereocenters. The number of hydrogen-bond acceptors (Lipinski definition) is 6. The Morgan fingerprint density at radius 1 is 1.23 bits per heavy atom. The Kier molecular flexibility index (Phi) is 5.01. The lowest BCUT2D eigenvalue weighted by atomic mass is 9.99. The quantitative estimate of drug-likeness (QED) is 0.897. The van der Waals surface area contributed by atoms with Gasteiger partial charge in [0.2, 0.25) is 0 Å². The number of hydrazone groups is 1. The van der Waals surface area contributed by atoms with E-state index in [4.69, 9.17) is 4.74 Å². The molecular weight excluding hydrogens is 350 g/mol. The zero-order chi connectivity index (χ0) is 17.9. The summed E-state index contributed by atoms with van der Waals surface area (Å²) in [5.74, 6) is 0.215. The average molecular weight is 371 g/mol. The second kappa shape index (κ2) is 7.57. The first-order chi connectivity index (χ1) is 12.7. The average Bonchev–Trinajstić information content (AvgIpc) is 3.33. The van der Waals surface area contributed by atoms with E-state index in [0.717, 1.165) is 29.9 Å². The Morgan fingerprint density at radius 2 is 2.00 bits per heavy atom. The number of hydrogen-bond donors (Lipinski definition) is 1. The molecule has 136 valence electrons. The molecule has 1 amide bonds. The smallest absolute Gasteiger partial charge is 0.257 e. The number of phenolic OH excluding ortho intramolecular Hbond substituents is 1. The fraction of sp³-hybridized carbons (Fsp3) is 0.368. The van der Waals surface area contributed by atoms with E-state index in [9.17, 15) is 9.90 Å². The number of nitrogens with zero attached hydrogens (tertiary/aromatic N) is 3. The number of benzene rings is 1. The second-order valence-electron chi connectivity index (χ2n) is 6.50. The minimum Gasteiger partial charge on any atom is -0.508 e. The summed E-state index contributed by atoms with van der Waals surface area (Å²) < 4.78 is 5.36. The minimum absolute atomic E-state index is 0.00444. The molecule has 0 radical (unpaired) electrons. The van der Waals surface area contributed by atoms with Gasteiger partial charge in [-0.3, -0.25) is 9.69 Å². The van der Waals surface area contributed by atoms with Crippen molar-refractivity contribution in [2.75, 3.05) is 32.8 Å². The van der Waals surface area contributed by atoms with Crippen molar-refractivity contribution in [2.45, 2.75) is 12.5 Å². The van der Waals surface area contributed by atoms with Gasteiger partial charge in [0.25, 0.3) is 5.91 Å². The molecule has 2 aliphatic rings. The molecule has 1 fully saturated rings. The monoisotopic (exact) mass is 371 g/mol. The van der Waals surface area contributed by atoms with Crippen molar-refractivity contribution < 1.29 is 14.6 Å². The van der Waals surface area contributed by atoms with Crippen LogP contribution in [-0.2, 0) is 9.53 Å². The van der Waals surface area contributed by atoms with Gasteiger partial charge >= 0.3 is 0 Å². The number of carbonyl (C=O) groups excluding carboxylic acids is 1. The molecule has 26 heavy (non-hydrogen) atoms. The van der Waals surface area contributed by atoms with Crippen LogP contribution < -0.4 is 0 Å². The molecule has 7 heteroatoms. The lowest BCUT2D eigenvalue weighted by molar-refractivity contribution is -0.135. The predicted molar refractivity (Wildman–Crippen MR) is 100 cm³/mol. The van der Waals surface area contributed by atoms with E-state index in [0.29, 0.717) is 26.2 Å². The fourth-order valence-corrected chi connectivity index (χ4v) is 3.99. The highest BCUT2D eigenvalue weighted by atomic mass is 32.1. The van der Waals surface area contributed by atoms with Crippen molar-refractivity contribution in [2.24, 2.45) is 5.10 Å². The number of morpholine rings is 1. The van der Waals surface area contributed by atoms with E-state index in [1.165, 1.54) is 0 Å². The fourth-order valence-electron chi connectivity index (χ4n) is 3.32. The van der Waals surface area contributed by atoms with Crippen molar-refractivity contribution in [3.8, 4) is 5.75 Å². The third kappa shape index (κ3) is 3.65. The number of thiophene rings is 1. The highest BCUT2D eigenvalue weighted by molar-refractivity contribution is 7.08. The van der Waals surface area contributed by atoms with Crippen molar-refractivity contribution in [1.82, 2.24) is 9.91 Å². The molecule has 2 aliphatic heterocycles. The van der Waals surface area contributed by atoms with Crippen LogP contribution in [0.25, 0.3) is 0 Å². The van der Waals surface area contributed by atoms with Gasteiger partial charge in [-0.05, 0) is 34.5 Å². The summed E-state index contributed by atoms with van der Waals surface area (Å²) in [5, 5.41) is 19.9. The van der Waals surface area contributed by atoms with Gasteiger partial charge in [0.15, 0.2) is 0 Å². The maximum Gasteiger partial charge on any atom is 0.257 e. The van der Waals surface area contributed by atoms with Crippen LogP contribution in [0.2, 0.25) is 0 Å². The van der Waals surface area contributed by atoms with Crippen LogP contribution in [0.1, 0.15) is 23.6 Å². The predicted octanol–water partition coefficient (Wildman–Crippen LogP) is 2.46. The van der Waals surface area contributed by atoms with Crippen LogP contribution in [0.4, 0.5) is 0 Å². The van der Waals surface area contributed by atoms with Gasteiger partial charge in [-0.25, -0.2) is 5.01 Å². The van der Waals surface area contributed by atoms with Crippen molar-refractivity contribution in [1.29, 1.82) is 0 Å². The molecule has 1 aromatic carbocycles. The maximum absolute atomic E-state index is 13.0. The van der Waals surface area contributed by atoms with Crippen LogP contribution >= 0.6 is 11.3 Å². The van der Waals surface area contributed by atoms with Gasteiger partial charge in [-0.15, -0.1) is 0 Å². The highest BCUT2D eigenvalue weighted by Gasteiger charge is 2.34. The van der Waals surface area contributed by atoms with Crippen LogP contribution in [0, 0.1) is 0 Å². The summed E-state index contributed by atoms with van der Waals surface area (Å²) >= 11 is 1.62. The first-order valence-electron chi connectivity index (χ1n) is 8.72. The van der Waals surface area contributed by atoms with Crippen molar-refractivity contribution >= 4 is 23.0 Å². The summed E-state index contributed by atoms with van der Waals surface area (Å²) in [5.41, 5.74) is 2.98. The molecule has 0 bridgehead atoms. The molecule has 1 saturated heterocycles. The molecule has 2 aromatic rings.